The number of rotatable bonds is 5. The van der Waals surface area contributed by atoms with Gasteiger partial charge in [-0.2, -0.15) is 0 Å². The first-order valence-electron chi connectivity index (χ1n) is 11.5. The molecule has 2 heterocycles. The Bertz CT molecular complexity index is 1390. The number of fused-ring (bicyclic) bond motifs is 1. The van der Waals surface area contributed by atoms with Gasteiger partial charge < -0.3 is 19.3 Å². The number of carbonyl (C=O) groups is 1. The highest BCUT2D eigenvalue weighted by Crippen LogP contribution is 2.38. The Balaban J connectivity index is 1.54. The number of anilines is 2. The Hall–Kier alpha value is -2.69. The Morgan fingerprint density at radius 3 is 2.42 bits per heavy atom. The van der Waals surface area contributed by atoms with Crippen LogP contribution in [-0.2, 0) is 14.8 Å². The van der Waals surface area contributed by atoms with Crippen molar-refractivity contribution in [1.82, 2.24) is 4.90 Å². The van der Waals surface area contributed by atoms with E-state index in [9.17, 15) is 13.2 Å². The number of thiophene rings is 1. The molecular weight excluding hydrogens is 522 g/mol. The van der Waals surface area contributed by atoms with Gasteiger partial charge in [-0.3, -0.25) is 4.72 Å². The van der Waals surface area contributed by atoms with Crippen molar-refractivity contribution in [2.45, 2.75) is 37.5 Å². The number of ether oxygens (including phenoxy) is 2. The summed E-state index contributed by atoms with van der Waals surface area (Å²) in [6.45, 7) is 9.39. The van der Waals surface area contributed by atoms with Crippen LogP contribution in [0.15, 0.2) is 40.6 Å². The molecule has 1 N–H and O–H groups in total. The number of hydrogen-bond donors (Lipinski definition) is 1. The molecule has 4 rings (SSSR count). The molecule has 3 aromatic rings. The van der Waals surface area contributed by atoms with Crippen LogP contribution in [-0.4, -0.2) is 58.3 Å². The quantitative estimate of drug-likeness (QED) is 0.436. The van der Waals surface area contributed by atoms with Crippen LogP contribution in [0.25, 0.3) is 10.1 Å². The van der Waals surface area contributed by atoms with Crippen molar-refractivity contribution >= 4 is 60.5 Å². The molecule has 8 nitrogen and oxygen atoms in total. The number of benzene rings is 2. The molecular formula is C25H30ClN3O5S2. The van der Waals surface area contributed by atoms with Gasteiger partial charge in [0.1, 0.15) is 15.6 Å². The van der Waals surface area contributed by atoms with E-state index in [-0.39, 0.29) is 10.3 Å². The van der Waals surface area contributed by atoms with Gasteiger partial charge in [-0.1, -0.05) is 11.6 Å². The molecule has 1 aromatic heterocycles. The molecule has 36 heavy (non-hydrogen) atoms. The van der Waals surface area contributed by atoms with Gasteiger partial charge in [0, 0.05) is 35.9 Å². The fourth-order valence-electron chi connectivity index (χ4n) is 4.09. The maximum Gasteiger partial charge on any atom is 0.410 e. The number of carbonyl (C=O) groups excluding carboxylic acids is 1. The summed E-state index contributed by atoms with van der Waals surface area (Å²) in [4.78, 5) is 16.2. The average molecular weight is 552 g/mol. The normalized spacial score (nSPS) is 14.7. The average Bonchev–Trinajstić information content (AvgIpc) is 3.14. The molecule has 1 aliphatic rings. The molecule has 0 saturated carbocycles. The van der Waals surface area contributed by atoms with E-state index < -0.39 is 15.6 Å². The maximum atomic E-state index is 13.3. The zero-order valence-corrected chi connectivity index (χ0v) is 23.3. The molecule has 2 aromatic carbocycles. The lowest BCUT2D eigenvalue weighted by atomic mass is 10.2. The fraction of sp³-hybridized carbons (Fsp3) is 0.400. The summed E-state index contributed by atoms with van der Waals surface area (Å²) in [5.74, 6) is 0.622. The van der Waals surface area contributed by atoms with E-state index in [0.717, 1.165) is 15.8 Å². The Labute approximate surface area is 220 Å². The number of halogens is 1. The van der Waals surface area contributed by atoms with E-state index in [1.54, 1.807) is 49.3 Å². The van der Waals surface area contributed by atoms with Crippen LogP contribution >= 0.6 is 22.9 Å². The van der Waals surface area contributed by atoms with Gasteiger partial charge in [0.15, 0.2) is 0 Å². The summed E-state index contributed by atoms with van der Waals surface area (Å²) < 4.78 is 41.5. The Kier molecular flexibility index (Phi) is 7.32. The highest BCUT2D eigenvalue weighted by Gasteiger charge is 2.28. The second-order valence-electron chi connectivity index (χ2n) is 9.60. The van der Waals surface area contributed by atoms with Crippen LogP contribution in [0.2, 0.25) is 5.02 Å². The van der Waals surface area contributed by atoms with Gasteiger partial charge in [0.2, 0.25) is 0 Å². The number of sulfonamides is 1. The molecule has 194 valence electrons. The van der Waals surface area contributed by atoms with Crippen molar-refractivity contribution in [3.05, 3.63) is 47.0 Å². The van der Waals surface area contributed by atoms with Crippen molar-refractivity contribution in [3.63, 3.8) is 0 Å². The van der Waals surface area contributed by atoms with Gasteiger partial charge in [0.25, 0.3) is 10.0 Å². The van der Waals surface area contributed by atoms with E-state index >= 15 is 0 Å². The van der Waals surface area contributed by atoms with Crippen molar-refractivity contribution in [2.75, 3.05) is 42.9 Å². The zero-order chi connectivity index (χ0) is 26.3. The molecule has 0 aliphatic carbocycles. The second kappa shape index (κ2) is 9.99. The third-order valence-electron chi connectivity index (χ3n) is 5.80. The van der Waals surface area contributed by atoms with Gasteiger partial charge in [0.05, 0.1) is 18.5 Å². The second-order valence-corrected chi connectivity index (χ2v) is 13.0. The molecule has 0 spiro atoms. The van der Waals surface area contributed by atoms with Crippen LogP contribution in [0.4, 0.5) is 16.2 Å². The molecule has 0 bridgehead atoms. The number of methoxy groups -OCH3 is 1. The molecule has 11 heteroatoms. The van der Waals surface area contributed by atoms with Gasteiger partial charge >= 0.3 is 6.09 Å². The molecule has 1 aliphatic heterocycles. The fourth-order valence-corrected chi connectivity index (χ4v) is 7.05. The minimum Gasteiger partial charge on any atom is -0.495 e. The Morgan fingerprint density at radius 1 is 1.08 bits per heavy atom. The maximum absolute atomic E-state index is 13.3. The SMILES string of the molecule is COc1ccc(NS(=O)(=O)c2sc3ccc(Cl)cc3c2C)cc1N1CCN(C(=O)OC(C)(C)C)CC1. The topological polar surface area (TPSA) is 88.2 Å². The molecule has 0 unspecified atom stereocenters. The first-order chi connectivity index (χ1) is 16.9. The van der Waals surface area contributed by atoms with E-state index in [1.807, 2.05) is 26.8 Å². The third kappa shape index (κ3) is 5.66. The minimum absolute atomic E-state index is 0.253. The van der Waals surface area contributed by atoms with Gasteiger partial charge in [-0.25, -0.2) is 13.2 Å². The molecule has 1 amide bonds. The molecule has 1 fully saturated rings. The van der Waals surface area contributed by atoms with Crippen LogP contribution < -0.4 is 14.4 Å². The summed E-state index contributed by atoms with van der Waals surface area (Å²) in [6.07, 6.45) is -0.337. The standard InChI is InChI=1S/C25H30ClN3O5S2/c1-16-19-14-17(26)6-9-22(19)35-23(16)36(31,32)27-18-7-8-21(33-5)20(15-18)28-10-12-29(13-11-28)24(30)34-25(2,3)4/h6-9,14-15,27H,10-13H2,1-5H3. The monoisotopic (exact) mass is 551 g/mol. The lowest BCUT2D eigenvalue weighted by Gasteiger charge is -2.37. The van der Waals surface area contributed by atoms with Crippen molar-refractivity contribution in [1.29, 1.82) is 0 Å². The van der Waals surface area contributed by atoms with Crippen LogP contribution in [0.1, 0.15) is 26.3 Å². The zero-order valence-electron chi connectivity index (χ0n) is 20.9. The molecule has 0 atom stereocenters. The minimum atomic E-state index is -3.83. The number of hydrogen-bond acceptors (Lipinski definition) is 7. The number of nitrogens with one attached hydrogen (secondary N) is 1. The third-order valence-corrected chi connectivity index (χ3v) is 9.31. The van der Waals surface area contributed by atoms with E-state index in [0.29, 0.717) is 48.2 Å². The molecule has 1 saturated heterocycles. The van der Waals surface area contributed by atoms with E-state index in [2.05, 4.69) is 9.62 Å². The van der Waals surface area contributed by atoms with Crippen LogP contribution in [0, 0.1) is 6.92 Å². The van der Waals surface area contributed by atoms with Crippen molar-refractivity contribution in [2.24, 2.45) is 0 Å². The first-order valence-corrected chi connectivity index (χ1v) is 14.2. The Morgan fingerprint density at radius 2 is 1.78 bits per heavy atom. The van der Waals surface area contributed by atoms with Crippen LogP contribution in [0.5, 0.6) is 5.75 Å². The first kappa shape index (κ1) is 26.4. The summed E-state index contributed by atoms with van der Waals surface area (Å²) in [7, 11) is -2.25. The smallest absolute Gasteiger partial charge is 0.410 e. The predicted molar refractivity (Wildman–Crippen MR) is 145 cm³/mol. The van der Waals surface area contributed by atoms with Crippen molar-refractivity contribution < 1.29 is 22.7 Å². The van der Waals surface area contributed by atoms with E-state index in [4.69, 9.17) is 21.1 Å². The lowest BCUT2D eigenvalue weighted by Crippen LogP contribution is -2.50. The highest BCUT2D eigenvalue weighted by atomic mass is 35.5. The van der Waals surface area contributed by atoms with E-state index in [1.165, 1.54) is 11.3 Å². The lowest BCUT2D eigenvalue weighted by molar-refractivity contribution is 0.0240. The number of piperazine rings is 1. The summed E-state index contributed by atoms with van der Waals surface area (Å²) >= 11 is 7.32. The van der Waals surface area contributed by atoms with Crippen LogP contribution in [0.3, 0.4) is 0 Å². The predicted octanol–water partition coefficient (Wildman–Crippen LogP) is 5.73. The van der Waals surface area contributed by atoms with Crippen molar-refractivity contribution in [3.8, 4) is 5.75 Å². The summed E-state index contributed by atoms with van der Waals surface area (Å²) in [6, 6.07) is 10.5. The molecule has 0 radical (unpaired) electrons. The van der Waals surface area contributed by atoms with Gasteiger partial charge in [-0.15, -0.1) is 11.3 Å². The summed E-state index contributed by atoms with van der Waals surface area (Å²) in [5, 5.41) is 1.39. The largest absolute Gasteiger partial charge is 0.495 e. The highest BCUT2D eigenvalue weighted by molar-refractivity contribution is 7.94. The number of amides is 1. The number of nitrogens with zero attached hydrogens (tertiary/aromatic N) is 2. The summed E-state index contributed by atoms with van der Waals surface area (Å²) in [5.41, 5.74) is 1.29. The number of aryl methyl sites for hydroxylation is 1. The van der Waals surface area contributed by atoms with Gasteiger partial charge in [-0.05, 0) is 75.0 Å².